The van der Waals surface area contributed by atoms with Crippen LogP contribution in [0.1, 0.15) is 44.4 Å². The van der Waals surface area contributed by atoms with Crippen LogP contribution in [0.5, 0.6) is 0 Å². The van der Waals surface area contributed by atoms with Crippen molar-refractivity contribution in [1.29, 1.82) is 0 Å². The van der Waals surface area contributed by atoms with E-state index in [1.54, 1.807) is 0 Å². The predicted molar refractivity (Wildman–Crippen MR) is 66.5 cm³/mol. The molecule has 1 unspecified atom stereocenters. The lowest BCUT2D eigenvalue weighted by Gasteiger charge is -2.25. The molecule has 2 heteroatoms. The molecule has 0 spiro atoms. The molecule has 16 heavy (non-hydrogen) atoms. The van der Waals surface area contributed by atoms with Crippen LogP contribution in [0.4, 0.5) is 0 Å². The average Bonchev–Trinajstić information content (AvgIpc) is 2.27. The van der Waals surface area contributed by atoms with Gasteiger partial charge in [0, 0.05) is 0 Å². The number of ether oxygens (including phenoxy) is 1. The number of hydrogen-bond donors (Lipinski definition) is 1. The highest BCUT2D eigenvalue weighted by Gasteiger charge is 2.18. The smallest absolute Gasteiger partial charge is 0.102 e. The van der Waals surface area contributed by atoms with Crippen LogP contribution in [0.2, 0.25) is 0 Å². The standard InChI is InChI=1S/C14H22O2/c1-5-14(3,4)16-10-13(15)12-8-6-11(2)7-9-12/h6-9,13,15H,5,10H2,1-4H3. The Labute approximate surface area is 98.3 Å². The largest absolute Gasteiger partial charge is 0.386 e. The Kier molecular flexibility index (Phi) is 4.51. The molecule has 0 radical (unpaired) electrons. The van der Waals surface area contributed by atoms with Gasteiger partial charge in [-0.25, -0.2) is 0 Å². The van der Waals surface area contributed by atoms with Gasteiger partial charge in [0.25, 0.3) is 0 Å². The predicted octanol–water partition coefficient (Wildman–Crippen LogP) is 3.23. The Morgan fingerprint density at radius 2 is 1.81 bits per heavy atom. The summed E-state index contributed by atoms with van der Waals surface area (Å²) in [4.78, 5) is 0. The molecule has 0 saturated heterocycles. The maximum atomic E-state index is 9.95. The van der Waals surface area contributed by atoms with Crippen molar-refractivity contribution < 1.29 is 9.84 Å². The molecule has 1 rings (SSSR count). The zero-order valence-corrected chi connectivity index (χ0v) is 10.7. The summed E-state index contributed by atoms with van der Waals surface area (Å²) in [6.45, 7) is 8.54. The maximum Gasteiger partial charge on any atom is 0.102 e. The van der Waals surface area contributed by atoms with Crippen LogP contribution in [0.25, 0.3) is 0 Å². The van der Waals surface area contributed by atoms with Crippen molar-refractivity contribution in [3.8, 4) is 0 Å². The van der Waals surface area contributed by atoms with Crippen LogP contribution in [0.15, 0.2) is 24.3 Å². The first-order valence-corrected chi connectivity index (χ1v) is 5.83. The van der Waals surface area contributed by atoms with E-state index < -0.39 is 6.10 Å². The lowest BCUT2D eigenvalue weighted by Crippen LogP contribution is -2.25. The summed E-state index contributed by atoms with van der Waals surface area (Å²) in [6.07, 6.45) is 0.402. The Morgan fingerprint density at radius 1 is 1.25 bits per heavy atom. The molecule has 0 aliphatic carbocycles. The molecule has 0 amide bonds. The van der Waals surface area contributed by atoms with Crippen molar-refractivity contribution in [3.63, 3.8) is 0 Å². The summed E-state index contributed by atoms with van der Waals surface area (Å²) in [6, 6.07) is 7.90. The van der Waals surface area contributed by atoms with E-state index in [-0.39, 0.29) is 5.60 Å². The molecule has 0 aliphatic heterocycles. The van der Waals surface area contributed by atoms with Gasteiger partial charge in [0.15, 0.2) is 0 Å². The van der Waals surface area contributed by atoms with Crippen molar-refractivity contribution in [3.05, 3.63) is 35.4 Å². The second kappa shape index (κ2) is 5.46. The molecule has 0 saturated carbocycles. The van der Waals surface area contributed by atoms with E-state index in [0.29, 0.717) is 6.61 Å². The lowest BCUT2D eigenvalue weighted by atomic mass is 10.1. The van der Waals surface area contributed by atoms with E-state index in [0.717, 1.165) is 12.0 Å². The normalized spacial score (nSPS) is 13.8. The summed E-state index contributed by atoms with van der Waals surface area (Å²) >= 11 is 0. The quantitative estimate of drug-likeness (QED) is 0.828. The number of benzene rings is 1. The molecule has 1 aromatic carbocycles. The Hall–Kier alpha value is -0.860. The van der Waals surface area contributed by atoms with E-state index >= 15 is 0 Å². The molecule has 0 aromatic heterocycles. The number of aryl methyl sites for hydroxylation is 1. The van der Waals surface area contributed by atoms with Gasteiger partial charge in [0.05, 0.1) is 12.2 Å². The van der Waals surface area contributed by atoms with E-state index in [4.69, 9.17) is 4.74 Å². The van der Waals surface area contributed by atoms with Gasteiger partial charge in [-0.1, -0.05) is 36.8 Å². The summed E-state index contributed by atoms with van der Waals surface area (Å²) in [7, 11) is 0. The zero-order chi connectivity index (χ0) is 12.2. The highest BCUT2D eigenvalue weighted by Crippen LogP contribution is 2.19. The molecule has 0 bridgehead atoms. The number of hydrogen-bond acceptors (Lipinski definition) is 2. The van der Waals surface area contributed by atoms with Crippen molar-refractivity contribution >= 4 is 0 Å². The lowest BCUT2D eigenvalue weighted by molar-refractivity contribution is -0.0618. The second-order valence-corrected chi connectivity index (χ2v) is 4.85. The van der Waals surface area contributed by atoms with Crippen LogP contribution >= 0.6 is 0 Å². The van der Waals surface area contributed by atoms with Crippen molar-refractivity contribution in [2.24, 2.45) is 0 Å². The molecule has 90 valence electrons. The van der Waals surface area contributed by atoms with Crippen LogP contribution < -0.4 is 0 Å². The van der Waals surface area contributed by atoms with E-state index in [2.05, 4.69) is 6.92 Å². The minimum Gasteiger partial charge on any atom is -0.386 e. The first-order chi connectivity index (χ1) is 7.44. The molecule has 0 heterocycles. The minimum absolute atomic E-state index is 0.161. The number of aliphatic hydroxyl groups is 1. The molecule has 1 atom stereocenters. The first-order valence-electron chi connectivity index (χ1n) is 5.83. The fraction of sp³-hybridized carbons (Fsp3) is 0.571. The Bertz CT molecular complexity index is 314. The van der Waals surface area contributed by atoms with Crippen molar-refractivity contribution in [2.75, 3.05) is 6.61 Å². The zero-order valence-electron chi connectivity index (χ0n) is 10.7. The maximum absolute atomic E-state index is 9.95. The molecule has 1 aromatic rings. The fourth-order valence-corrected chi connectivity index (χ4v) is 1.29. The van der Waals surface area contributed by atoms with Gasteiger partial charge < -0.3 is 9.84 Å². The van der Waals surface area contributed by atoms with Crippen molar-refractivity contribution in [2.45, 2.75) is 45.8 Å². The monoisotopic (exact) mass is 222 g/mol. The van der Waals surface area contributed by atoms with E-state index in [9.17, 15) is 5.11 Å². The minimum atomic E-state index is -0.536. The van der Waals surface area contributed by atoms with E-state index in [1.165, 1.54) is 5.56 Å². The summed E-state index contributed by atoms with van der Waals surface area (Å²) < 4.78 is 5.68. The molecule has 1 N–H and O–H groups in total. The molecule has 0 fully saturated rings. The van der Waals surface area contributed by atoms with Gasteiger partial charge in [-0.2, -0.15) is 0 Å². The SMILES string of the molecule is CCC(C)(C)OCC(O)c1ccc(C)cc1. The van der Waals surface area contributed by atoms with Gasteiger partial charge in [0.1, 0.15) is 6.10 Å². The molecular weight excluding hydrogens is 200 g/mol. The van der Waals surface area contributed by atoms with Gasteiger partial charge in [-0.15, -0.1) is 0 Å². The Balaban J connectivity index is 2.53. The number of rotatable bonds is 5. The van der Waals surface area contributed by atoms with E-state index in [1.807, 2.05) is 45.0 Å². The molecular formula is C14H22O2. The van der Waals surface area contributed by atoms with Gasteiger partial charge >= 0.3 is 0 Å². The van der Waals surface area contributed by atoms with Crippen molar-refractivity contribution in [1.82, 2.24) is 0 Å². The van der Waals surface area contributed by atoms with Crippen LogP contribution in [0.3, 0.4) is 0 Å². The first kappa shape index (κ1) is 13.2. The highest BCUT2D eigenvalue weighted by atomic mass is 16.5. The third-order valence-electron chi connectivity index (χ3n) is 2.95. The third-order valence-corrected chi connectivity index (χ3v) is 2.95. The van der Waals surface area contributed by atoms with Gasteiger partial charge in [-0.05, 0) is 32.8 Å². The Morgan fingerprint density at radius 3 is 2.31 bits per heavy atom. The third kappa shape index (κ3) is 3.95. The highest BCUT2D eigenvalue weighted by molar-refractivity contribution is 5.23. The topological polar surface area (TPSA) is 29.5 Å². The molecule has 2 nitrogen and oxygen atoms in total. The average molecular weight is 222 g/mol. The van der Waals surface area contributed by atoms with Crippen LogP contribution in [-0.2, 0) is 4.74 Å². The molecule has 0 aliphatic rings. The fourth-order valence-electron chi connectivity index (χ4n) is 1.29. The summed E-state index contributed by atoms with van der Waals surface area (Å²) in [5, 5.41) is 9.95. The van der Waals surface area contributed by atoms with Crippen LogP contribution in [-0.4, -0.2) is 17.3 Å². The number of aliphatic hydroxyl groups excluding tert-OH is 1. The van der Waals surface area contributed by atoms with Gasteiger partial charge in [-0.3, -0.25) is 0 Å². The summed E-state index contributed by atoms with van der Waals surface area (Å²) in [5.41, 5.74) is 1.95. The van der Waals surface area contributed by atoms with Gasteiger partial charge in [0.2, 0.25) is 0 Å². The second-order valence-electron chi connectivity index (χ2n) is 4.85. The summed E-state index contributed by atoms with van der Waals surface area (Å²) in [5.74, 6) is 0. The van der Waals surface area contributed by atoms with Crippen LogP contribution in [0, 0.1) is 6.92 Å².